The summed E-state index contributed by atoms with van der Waals surface area (Å²) in [5.74, 6) is 1.49. The Kier molecular flexibility index (Phi) is 15.8. The molecule has 0 amide bonds. The van der Waals surface area contributed by atoms with Crippen LogP contribution in [0.2, 0.25) is 0 Å². The van der Waals surface area contributed by atoms with Crippen molar-refractivity contribution in [2.45, 2.75) is 142 Å². The molecule has 2 rings (SSSR count). The van der Waals surface area contributed by atoms with E-state index >= 15 is 0 Å². The third kappa shape index (κ3) is 11.9. The van der Waals surface area contributed by atoms with Crippen LogP contribution in [0.25, 0.3) is 5.69 Å². The summed E-state index contributed by atoms with van der Waals surface area (Å²) in [5.41, 5.74) is 1.30. The summed E-state index contributed by atoms with van der Waals surface area (Å²) >= 11 is 0. The van der Waals surface area contributed by atoms with Gasteiger partial charge in [0.2, 0.25) is 0 Å². The molecule has 0 saturated carbocycles. The minimum atomic E-state index is 1.16. The van der Waals surface area contributed by atoms with Gasteiger partial charge in [0.1, 0.15) is 18.1 Å². The molecule has 0 unspecified atom stereocenters. The number of hydrogen-bond acceptors (Lipinski definition) is 0. The predicted octanol–water partition coefficient (Wildman–Crippen LogP) is 9.37. The average Bonchev–Trinajstić information content (AvgIpc) is 3.25. The topological polar surface area (TPSA) is 8.81 Å². The fraction of sp³-hybridized carbons (Fsp3) is 0.710. The van der Waals surface area contributed by atoms with E-state index in [-0.39, 0.29) is 0 Å². The summed E-state index contributed by atoms with van der Waals surface area (Å²) in [5, 5.41) is 0. The van der Waals surface area contributed by atoms with Gasteiger partial charge in [0, 0.05) is 6.42 Å². The molecule has 1 aromatic carbocycles. The van der Waals surface area contributed by atoms with Crippen LogP contribution >= 0.6 is 0 Å². The van der Waals surface area contributed by atoms with E-state index in [9.17, 15) is 0 Å². The van der Waals surface area contributed by atoms with Gasteiger partial charge in [0.05, 0.1) is 6.54 Å². The zero-order valence-electron chi connectivity index (χ0n) is 22.1. The monoisotopic (exact) mass is 453 g/mol. The summed E-state index contributed by atoms with van der Waals surface area (Å²) in [7, 11) is 0. The first kappa shape index (κ1) is 27.7. The molecule has 186 valence electrons. The number of rotatable bonds is 21. The molecule has 2 aromatic rings. The van der Waals surface area contributed by atoms with Gasteiger partial charge in [0.15, 0.2) is 0 Å². The third-order valence-corrected chi connectivity index (χ3v) is 7.05. The maximum absolute atomic E-state index is 2.53. The minimum Gasteiger partial charge on any atom is -0.234 e. The summed E-state index contributed by atoms with van der Waals surface area (Å²) in [6.45, 7) is 5.76. The minimum absolute atomic E-state index is 1.16. The van der Waals surface area contributed by atoms with Crippen molar-refractivity contribution in [2.75, 3.05) is 0 Å². The Morgan fingerprint density at radius 3 is 1.61 bits per heavy atom. The Hall–Kier alpha value is -1.57. The van der Waals surface area contributed by atoms with Crippen molar-refractivity contribution in [3.8, 4) is 5.69 Å². The molecule has 0 aliphatic rings. The summed E-state index contributed by atoms with van der Waals surface area (Å²) in [4.78, 5) is 0. The van der Waals surface area contributed by atoms with Gasteiger partial charge in [-0.25, -0.2) is 4.57 Å². The van der Waals surface area contributed by atoms with Crippen LogP contribution in [0.5, 0.6) is 0 Å². The van der Waals surface area contributed by atoms with Crippen LogP contribution in [0, 0.1) is 0 Å². The molecule has 0 saturated heterocycles. The van der Waals surface area contributed by atoms with Gasteiger partial charge in [-0.15, -0.1) is 0 Å². The summed E-state index contributed by atoms with van der Waals surface area (Å²) < 4.78 is 4.95. The van der Waals surface area contributed by atoms with Crippen LogP contribution in [0.4, 0.5) is 0 Å². The van der Waals surface area contributed by atoms with Gasteiger partial charge in [-0.2, -0.15) is 4.57 Å². The van der Waals surface area contributed by atoms with E-state index in [2.05, 4.69) is 65.7 Å². The van der Waals surface area contributed by atoms with Gasteiger partial charge in [0.25, 0.3) is 5.82 Å². The van der Waals surface area contributed by atoms with Crippen molar-refractivity contribution in [2.24, 2.45) is 0 Å². The Balaban J connectivity index is 1.67. The van der Waals surface area contributed by atoms with Gasteiger partial charge < -0.3 is 0 Å². The second-order valence-corrected chi connectivity index (χ2v) is 10.0. The van der Waals surface area contributed by atoms with Crippen molar-refractivity contribution >= 4 is 0 Å². The number of hydrogen-bond donors (Lipinski definition) is 0. The third-order valence-electron chi connectivity index (χ3n) is 7.05. The van der Waals surface area contributed by atoms with E-state index in [1.165, 1.54) is 134 Å². The van der Waals surface area contributed by atoms with Crippen molar-refractivity contribution < 1.29 is 4.57 Å². The van der Waals surface area contributed by atoms with Crippen LogP contribution in [0.3, 0.4) is 0 Å². The number of aromatic nitrogens is 2. The van der Waals surface area contributed by atoms with Crippen molar-refractivity contribution in [1.29, 1.82) is 0 Å². The molecule has 0 bridgehead atoms. The molecular formula is C31H53N2+. The highest BCUT2D eigenvalue weighted by atomic mass is 15.1. The second kappa shape index (κ2) is 18.8. The van der Waals surface area contributed by atoms with Crippen molar-refractivity contribution in [3.05, 3.63) is 48.5 Å². The number of imidazole rings is 1. The number of para-hydroxylation sites is 1. The molecule has 0 aliphatic heterocycles. The lowest BCUT2D eigenvalue weighted by Crippen LogP contribution is -2.37. The van der Waals surface area contributed by atoms with Crippen LogP contribution < -0.4 is 4.57 Å². The number of nitrogens with zero attached hydrogens (tertiary/aromatic N) is 2. The fourth-order valence-corrected chi connectivity index (χ4v) is 4.94. The normalized spacial score (nSPS) is 11.3. The highest BCUT2D eigenvalue weighted by Gasteiger charge is 2.18. The maximum atomic E-state index is 2.53. The molecule has 2 heteroatoms. The number of unbranched alkanes of at least 4 members (excludes halogenated alkanes) is 16. The highest BCUT2D eigenvalue weighted by molar-refractivity contribution is 5.31. The standard InChI is InChI=1S/C31H53N2/c1-3-5-7-9-10-11-12-13-14-15-16-17-22-26-31-32(27-23-18-8-6-4-2)28-29-33(31)30-24-20-19-21-25-30/h19-21,24-25,28-29H,3-18,22-23,26-27H2,1-2H3/q+1. The van der Waals surface area contributed by atoms with Crippen LogP contribution in [-0.4, -0.2) is 4.57 Å². The van der Waals surface area contributed by atoms with Gasteiger partial charge in [-0.3, -0.25) is 0 Å². The Morgan fingerprint density at radius 1 is 0.576 bits per heavy atom. The van der Waals surface area contributed by atoms with Crippen LogP contribution in [-0.2, 0) is 13.0 Å². The first-order valence-corrected chi connectivity index (χ1v) is 14.5. The van der Waals surface area contributed by atoms with Crippen LogP contribution in [0.15, 0.2) is 42.7 Å². The first-order chi connectivity index (χ1) is 16.4. The Bertz CT molecular complexity index is 688. The number of benzene rings is 1. The average molecular weight is 454 g/mol. The largest absolute Gasteiger partial charge is 0.261 e. The molecular weight excluding hydrogens is 400 g/mol. The van der Waals surface area contributed by atoms with E-state index in [0.717, 1.165) is 6.54 Å². The number of aryl methyl sites for hydroxylation is 1. The Morgan fingerprint density at radius 2 is 1.06 bits per heavy atom. The predicted molar refractivity (Wildman–Crippen MR) is 144 cm³/mol. The second-order valence-electron chi connectivity index (χ2n) is 10.0. The molecule has 0 radical (unpaired) electrons. The van der Waals surface area contributed by atoms with E-state index in [4.69, 9.17) is 0 Å². The van der Waals surface area contributed by atoms with E-state index in [1.54, 1.807) is 0 Å². The summed E-state index contributed by atoms with van der Waals surface area (Å²) in [6.07, 6.45) is 31.0. The lowest BCUT2D eigenvalue weighted by Gasteiger charge is -2.06. The molecule has 0 atom stereocenters. The smallest absolute Gasteiger partial charge is 0.234 e. The summed E-state index contributed by atoms with van der Waals surface area (Å²) in [6, 6.07) is 10.9. The molecule has 0 aliphatic carbocycles. The van der Waals surface area contributed by atoms with Crippen LogP contribution in [0.1, 0.15) is 135 Å². The zero-order valence-corrected chi connectivity index (χ0v) is 22.1. The van der Waals surface area contributed by atoms with E-state index in [1.807, 2.05) is 0 Å². The maximum Gasteiger partial charge on any atom is 0.261 e. The highest BCUT2D eigenvalue weighted by Crippen LogP contribution is 2.15. The van der Waals surface area contributed by atoms with Gasteiger partial charge in [-0.1, -0.05) is 128 Å². The van der Waals surface area contributed by atoms with E-state index in [0.29, 0.717) is 0 Å². The zero-order chi connectivity index (χ0) is 23.4. The van der Waals surface area contributed by atoms with Gasteiger partial charge >= 0.3 is 0 Å². The van der Waals surface area contributed by atoms with Crippen molar-refractivity contribution in [3.63, 3.8) is 0 Å². The lowest BCUT2D eigenvalue weighted by molar-refractivity contribution is -0.704. The molecule has 33 heavy (non-hydrogen) atoms. The molecule has 2 nitrogen and oxygen atoms in total. The fourth-order valence-electron chi connectivity index (χ4n) is 4.94. The molecule has 1 heterocycles. The quantitative estimate of drug-likeness (QED) is 0.131. The van der Waals surface area contributed by atoms with Crippen molar-refractivity contribution in [1.82, 2.24) is 4.57 Å². The van der Waals surface area contributed by atoms with Gasteiger partial charge in [-0.05, 0) is 31.4 Å². The SMILES string of the molecule is CCCCCCCCCCCCCCCc1n(-c2ccccc2)cc[n+]1CCCCCCC. The molecule has 1 aromatic heterocycles. The Labute approximate surface area is 205 Å². The molecule has 0 fully saturated rings. The van der Waals surface area contributed by atoms with E-state index < -0.39 is 0 Å². The molecule has 0 N–H and O–H groups in total. The lowest BCUT2D eigenvalue weighted by atomic mass is 10.0. The molecule has 0 spiro atoms. The first-order valence-electron chi connectivity index (χ1n) is 14.5.